The van der Waals surface area contributed by atoms with Gasteiger partial charge in [-0.15, -0.1) is 0 Å². The van der Waals surface area contributed by atoms with Gasteiger partial charge >= 0.3 is 5.97 Å². The Morgan fingerprint density at radius 2 is 0.937 bits per heavy atom. The van der Waals surface area contributed by atoms with Gasteiger partial charge in [0, 0.05) is 6.42 Å². The number of rotatable bonds is 45. The van der Waals surface area contributed by atoms with Crippen molar-refractivity contribution in [3.8, 4) is 0 Å². The van der Waals surface area contributed by atoms with Gasteiger partial charge in [0.2, 0.25) is 5.91 Å². The molecule has 1 amide bonds. The van der Waals surface area contributed by atoms with E-state index in [0.29, 0.717) is 19.3 Å². The molecule has 3 atom stereocenters. The highest BCUT2D eigenvalue weighted by Gasteiger charge is 2.24. The van der Waals surface area contributed by atoms with E-state index in [1.165, 1.54) is 77.0 Å². The molecule has 0 heterocycles. The number of hydrogen-bond acceptors (Lipinski definition) is 5. The van der Waals surface area contributed by atoms with Crippen molar-refractivity contribution in [3.05, 3.63) is 97.2 Å². The quantitative estimate of drug-likeness (QED) is 0.0245. The third-order valence-corrected chi connectivity index (χ3v) is 11.3. The summed E-state index contributed by atoms with van der Waals surface area (Å²) in [4.78, 5) is 26.2. The summed E-state index contributed by atoms with van der Waals surface area (Å²) in [7, 11) is 0. The molecule has 0 saturated heterocycles. The molecule has 0 aliphatic rings. The van der Waals surface area contributed by atoms with Crippen LogP contribution < -0.4 is 5.32 Å². The maximum atomic E-state index is 13.2. The third kappa shape index (κ3) is 45.2. The highest BCUT2D eigenvalue weighted by Crippen LogP contribution is 2.17. The molecule has 3 unspecified atom stereocenters. The number of nitrogens with one attached hydrogen (secondary N) is 1. The molecule has 0 aromatic carbocycles. The molecule has 0 aromatic rings. The first-order chi connectivity index (χ1) is 31.0. The molecule has 0 rings (SSSR count). The summed E-state index contributed by atoms with van der Waals surface area (Å²) in [5.41, 5.74) is 0. The van der Waals surface area contributed by atoms with Crippen molar-refractivity contribution in [2.75, 3.05) is 6.61 Å². The van der Waals surface area contributed by atoms with E-state index in [-0.39, 0.29) is 24.9 Å². The normalized spacial score (nSPS) is 14.0. The van der Waals surface area contributed by atoms with Crippen LogP contribution in [0.1, 0.15) is 226 Å². The molecule has 6 heteroatoms. The van der Waals surface area contributed by atoms with Crippen molar-refractivity contribution in [2.24, 2.45) is 0 Å². The number of carbonyl (C=O) groups excluding carboxylic acids is 2. The molecule has 0 saturated carbocycles. The van der Waals surface area contributed by atoms with E-state index >= 15 is 0 Å². The standard InChI is InChI=1S/C57H97NO5/c1-4-7-10-13-16-19-22-25-28-31-34-37-40-43-46-49-55(60)54(52-59)58-56(61)51-53(48-45-42-39-36-33-30-27-24-21-18-15-12-9-6-3)63-57(62)50-47-44-41-38-35-32-29-26-23-20-17-14-11-8-5-2/h8-9,11-12,14,17-18,20-21,23,26-27,29-30,32,35,53-55,59-60H,4-7,10,13,15-16,19,22,24-25,28,31,33-34,36-52H2,1-3H3,(H,58,61)/b11-8+,12-9+,17-14+,21-18+,23-20-,29-26-,30-27+,35-32+. The van der Waals surface area contributed by atoms with Gasteiger partial charge in [-0.1, -0.05) is 234 Å². The molecular formula is C57H97NO5. The predicted molar refractivity (Wildman–Crippen MR) is 273 cm³/mol. The van der Waals surface area contributed by atoms with E-state index in [0.717, 1.165) is 103 Å². The lowest BCUT2D eigenvalue weighted by molar-refractivity contribution is -0.151. The van der Waals surface area contributed by atoms with Gasteiger partial charge in [-0.05, 0) is 77.0 Å². The number of aliphatic hydroxyl groups excluding tert-OH is 2. The van der Waals surface area contributed by atoms with E-state index < -0.39 is 18.2 Å². The highest BCUT2D eigenvalue weighted by molar-refractivity contribution is 5.77. The molecular weight excluding hydrogens is 779 g/mol. The van der Waals surface area contributed by atoms with Gasteiger partial charge in [-0.25, -0.2) is 0 Å². The van der Waals surface area contributed by atoms with Crippen LogP contribution in [-0.2, 0) is 14.3 Å². The van der Waals surface area contributed by atoms with Gasteiger partial charge in [0.25, 0.3) is 0 Å². The monoisotopic (exact) mass is 876 g/mol. The summed E-state index contributed by atoms with van der Waals surface area (Å²) in [5, 5.41) is 23.8. The van der Waals surface area contributed by atoms with Crippen molar-refractivity contribution < 1.29 is 24.5 Å². The Bertz CT molecular complexity index is 1260. The van der Waals surface area contributed by atoms with Crippen LogP contribution in [0.2, 0.25) is 0 Å². The van der Waals surface area contributed by atoms with Gasteiger partial charge in [-0.3, -0.25) is 9.59 Å². The zero-order chi connectivity index (χ0) is 45.9. The number of allylic oxidation sites excluding steroid dienone is 16. The molecule has 6 nitrogen and oxygen atoms in total. The zero-order valence-electron chi connectivity index (χ0n) is 40.9. The number of ether oxygens (including phenoxy) is 1. The average Bonchev–Trinajstić information content (AvgIpc) is 3.28. The van der Waals surface area contributed by atoms with Crippen molar-refractivity contribution in [3.63, 3.8) is 0 Å². The SMILES string of the molecule is CC/C=C/C=C/C=C\C=C/C=C/CCCCCC(=O)OC(CCCCCC/C=C/C/C=C/C/C=C/CC)CC(=O)NC(CO)C(O)CCCCCCCCCCCCCCCCC. The first kappa shape index (κ1) is 59.8. The van der Waals surface area contributed by atoms with Gasteiger partial charge in [0.1, 0.15) is 6.10 Å². The summed E-state index contributed by atoms with van der Waals surface area (Å²) >= 11 is 0. The Balaban J connectivity index is 4.69. The van der Waals surface area contributed by atoms with E-state index in [4.69, 9.17) is 4.74 Å². The lowest BCUT2D eigenvalue weighted by atomic mass is 10.0. The van der Waals surface area contributed by atoms with Gasteiger partial charge < -0.3 is 20.3 Å². The smallest absolute Gasteiger partial charge is 0.306 e. The fraction of sp³-hybridized carbons (Fsp3) is 0.684. The minimum absolute atomic E-state index is 0.0398. The summed E-state index contributed by atoms with van der Waals surface area (Å²) in [6, 6.07) is -0.724. The Hall–Kier alpha value is -3.22. The highest BCUT2D eigenvalue weighted by atomic mass is 16.5. The van der Waals surface area contributed by atoms with Crippen LogP contribution in [0.5, 0.6) is 0 Å². The number of esters is 1. The molecule has 0 bridgehead atoms. The molecule has 0 aliphatic carbocycles. The van der Waals surface area contributed by atoms with Crippen LogP contribution in [0.3, 0.4) is 0 Å². The van der Waals surface area contributed by atoms with Crippen molar-refractivity contribution in [1.82, 2.24) is 5.32 Å². The molecule has 0 aliphatic heterocycles. The summed E-state index contributed by atoms with van der Waals surface area (Å²) in [5.74, 6) is -0.551. The zero-order valence-corrected chi connectivity index (χ0v) is 40.9. The van der Waals surface area contributed by atoms with Crippen LogP contribution in [0.15, 0.2) is 97.2 Å². The second-order valence-corrected chi connectivity index (χ2v) is 17.3. The molecule has 63 heavy (non-hydrogen) atoms. The lowest BCUT2D eigenvalue weighted by Crippen LogP contribution is -2.46. The third-order valence-electron chi connectivity index (χ3n) is 11.3. The predicted octanol–water partition coefficient (Wildman–Crippen LogP) is 15.7. The number of amides is 1. The minimum atomic E-state index is -0.807. The van der Waals surface area contributed by atoms with Crippen LogP contribution in [0.4, 0.5) is 0 Å². The fourth-order valence-electron chi connectivity index (χ4n) is 7.41. The topological polar surface area (TPSA) is 95.9 Å². The first-order valence-corrected chi connectivity index (χ1v) is 26.0. The molecule has 0 fully saturated rings. The number of unbranched alkanes of at least 4 members (excludes halogenated alkanes) is 21. The van der Waals surface area contributed by atoms with E-state index in [2.05, 4.69) is 80.8 Å². The Morgan fingerprint density at radius 1 is 0.492 bits per heavy atom. The van der Waals surface area contributed by atoms with Gasteiger partial charge in [0.15, 0.2) is 0 Å². The van der Waals surface area contributed by atoms with Crippen molar-refractivity contribution in [2.45, 2.75) is 244 Å². The second-order valence-electron chi connectivity index (χ2n) is 17.3. The van der Waals surface area contributed by atoms with Crippen molar-refractivity contribution >= 4 is 11.9 Å². The summed E-state index contributed by atoms with van der Waals surface area (Å²) in [6.45, 7) is 6.21. The minimum Gasteiger partial charge on any atom is -0.462 e. The molecule has 0 aromatic heterocycles. The van der Waals surface area contributed by atoms with Crippen LogP contribution in [0, 0.1) is 0 Å². The number of carbonyl (C=O) groups is 2. The molecule has 360 valence electrons. The van der Waals surface area contributed by atoms with E-state index in [1.54, 1.807) is 0 Å². The van der Waals surface area contributed by atoms with Crippen LogP contribution in [0.25, 0.3) is 0 Å². The lowest BCUT2D eigenvalue weighted by Gasteiger charge is -2.24. The first-order valence-electron chi connectivity index (χ1n) is 26.0. The van der Waals surface area contributed by atoms with Gasteiger partial charge in [-0.2, -0.15) is 0 Å². The van der Waals surface area contributed by atoms with Crippen molar-refractivity contribution in [1.29, 1.82) is 0 Å². The largest absolute Gasteiger partial charge is 0.462 e. The Kier molecular flexibility index (Phi) is 47.2. The maximum Gasteiger partial charge on any atom is 0.306 e. The Labute approximate surface area is 388 Å². The molecule has 0 spiro atoms. The summed E-state index contributed by atoms with van der Waals surface area (Å²) in [6.07, 6.45) is 66.0. The molecule has 0 radical (unpaired) electrons. The second kappa shape index (κ2) is 49.8. The number of aliphatic hydroxyl groups is 2. The average molecular weight is 876 g/mol. The maximum absolute atomic E-state index is 13.2. The van der Waals surface area contributed by atoms with Crippen LogP contribution >= 0.6 is 0 Å². The van der Waals surface area contributed by atoms with E-state index in [9.17, 15) is 19.8 Å². The molecule has 3 N–H and O–H groups in total. The number of hydrogen-bond donors (Lipinski definition) is 3. The fourth-order valence-corrected chi connectivity index (χ4v) is 7.41. The van der Waals surface area contributed by atoms with Crippen LogP contribution in [-0.4, -0.2) is 46.9 Å². The van der Waals surface area contributed by atoms with E-state index in [1.807, 2.05) is 42.5 Å². The van der Waals surface area contributed by atoms with Gasteiger partial charge in [0.05, 0.1) is 25.2 Å². The summed E-state index contributed by atoms with van der Waals surface area (Å²) < 4.78 is 5.91. The Morgan fingerprint density at radius 3 is 1.49 bits per heavy atom.